The number of rotatable bonds is 11. The number of aliphatic hydroxyl groups excluding tert-OH is 1. The Morgan fingerprint density at radius 1 is 1.23 bits per heavy atom. The van der Waals surface area contributed by atoms with E-state index in [1.165, 1.54) is 0 Å². The molecule has 1 aliphatic carbocycles. The summed E-state index contributed by atoms with van der Waals surface area (Å²) in [4.78, 5) is 27.0. The van der Waals surface area contributed by atoms with Gasteiger partial charge in [-0.3, -0.25) is 14.7 Å². The minimum Gasteiger partial charge on any atom is -0.492 e. The number of nitrogens with one attached hydrogen (secondary N) is 3. The second kappa shape index (κ2) is 12.4. The molecule has 2 aliphatic heterocycles. The van der Waals surface area contributed by atoms with Crippen molar-refractivity contribution in [2.24, 2.45) is 0 Å². The van der Waals surface area contributed by atoms with Crippen LogP contribution in [-0.2, 0) is 14.3 Å². The van der Waals surface area contributed by atoms with Gasteiger partial charge in [-0.2, -0.15) is 5.10 Å². The van der Waals surface area contributed by atoms with Crippen molar-refractivity contribution >= 4 is 11.8 Å². The SMILES string of the molecule is C=C1C=CC2=C(C1OCC(O)CNCCOc1ccc(C(=O)N3CCOCC3)cc1)C(c1ccn[nH]1)C(=O)N2. The van der Waals surface area contributed by atoms with Crippen LogP contribution in [0.3, 0.4) is 0 Å². The van der Waals surface area contributed by atoms with E-state index in [1.54, 1.807) is 41.4 Å². The molecule has 5 rings (SSSR count). The van der Waals surface area contributed by atoms with E-state index < -0.39 is 18.1 Å². The van der Waals surface area contributed by atoms with E-state index in [4.69, 9.17) is 14.2 Å². The zero-order chi connectivity index (χ0) is 27.2. The Morgan fingerprint density at radius 3 is 2.77 bits per heavy atom. The van der Waals surface area contributed by atoms with Crippen molar-refractivity contribution in [1.29, 1.82) is 0 Å². The lowest BCUT2D eigenvalue weighted by Crippen LogP contribution is -2.40. The fourth-order valence-electron chi connectivity index (χ4n) is 4.83. The molecule has 4 N–H and O–H groups in total. The van der Waals surface area contributed by atoms with Crippen LogP contribution in [0.1, 0.15) is 22.0 Å². The average molecular weight is 536 g/mol. The number of carbonyl (C=O) groups excluding carboxylic acids is 2. The Hall–Kier alpha value is -3.77. The number of H-pyrrole nitrogens is 1. The number of ether oxygens (including phenoxy) is 3. The number of aromatic amines is 1. The first-order chi connectivity index (χ1) is 19.0. The highest BCUT2D eigenvalue weighted by Gasteiger charge is 2.41. The molecule has 2 aromatic rings. The fraction of sp³-hybridized carbons (Fsp3) is 0.393. The molecule has 3 heterocycles. The number of hydrogen-bond donors (Lipinski definition) is 4. The van der Waals surface area contributed by atoms with Gasteiger partial charge in [-0.05, 0) is 42.0 Å². The standard InChI is InChI=1S/C28H33N5O6/c1-18-2-7-22-24(25(27(35)31-22)23-8-9-30-32-23)26(18)39-17-20(34)16-29-10-13-38-21-5-3-19(4-6-21)28(36)33-11-14-37-15-12-33/h2-9,20,25-26,29,34H,1,10-17H2,(H,30,32)(H,31,35). The number of morpholine rings is 1. The van der Waals surface area contributed by atoms with E-state index in [1.807, 2.05) is 12.2 Å². The van der Waals surface area contributed by atoms with Gasteiger partial charge in [0, 0.05) is 49.2 Å². The normalized spacial score (nSPS) is 21.6. The van der Waals surface area contributed by atoms with Crippen LogP contribution in [0.4, 0.5) is 0 Å². The summed E-state index contributed by atoms with van der Waals surface area (Å²) in [5.74, 6) is -0.0414. The van der Waals surface area contributed by atoms with E-state index in [0.717, 1.165) is 5.57 Å². The van der Waals surface area contributed by atoms with Crippen LogP contribution in [0.25, 0.3) is 0 Å². The Kier molecular flexibility index (Phi) is 8.52. The van der Waals surface area contributed by atoms with Gasteiger partial charge in [-0.15, -0.1) is 0 Å². The number of nitrogens with zero attached hydrogens (tertiary/aromatic N) is 2. The third-order valence-electron chi connectivity index (χ3n) is 6.84. The van der Waals surface area contributed by atoms with Gasteiger partial charge >= 0.3 is 0 Å². The molecule has 1 fully saturated rings. The van der Waals surface area contributed by atoms with Gasteiger partial charge in [0.1, 0.15) is 24.4 Å². The van der Waals surface area contributed by atoms with E-state index in [-0.39, 0.29) is 18.4 Å². The largest absolute Gasteiger partial charge is 0.492 e. The summed E-state index contributed by atoms with van der Waals surface area (Å²) in [6.45, 7) is 7.69. The molecule has 3 aliphatic rings. The quantitative estimate of drug-likeness (QED) is 0.312. The highest BCUT2D eigenvalue weighted by atomic mass is 16.5. The molecular formula is C28H33N5O6. The van der Waals surface area contributed by atoms with Gasteiger partial charge in [0.2, 0.25) is 5.91 Å². The number of allylic oxidation sites excluding steroid dienone is 1. The van der Waals surface area contributed by atoms with Crippen LogP contribution in [0.5, 0.6) is 5.75 Å². The van der Waals surface area contributed by atoms with Gasteiger partial charge < -0.3 is 34.9 Å². The monoisotopic (exact) mass is 535 g/mol. The van der Waals surface area contributed by atoms with Crippen LogP contribution in [-0.4, -0.2) is 96.8 Å². The zero-order valence-corrected chi connectivity index (χ0v) is 21.6. The highest BCUT2D eigenvalue weighted by molar-refractivity contribution is 5.94. The first-order valence-corrected chi connectivity index (χ1v) is 13.0. The smallest absolute Gasteiger partial charge is 0.254 e. The molecule has 3 unspecified atom stereocenters. The molecule has 1 saturated heterocycles. The maximum Gasteiger partial charge on any atom is 0.254 e. The van der Waals surface area contributed by atoms with Crippen molar-refractivity contribution in [2.45, 2.75) is 18.1 Å². The lowest BCUT2D eigenvalue weighted by molar-refractivity contribution is -0.120. The topological polar surface area (TPSA) is 138 Å². The maximum atomic E-state index is 12.6. The van der Waals surface area contributed by atoms with E-state index >= 15 is 0 Å². The summed E-state index contributed by atoms with van der Waals surface area (Å²) in [7, 11) is 0. The maximum absolute atomic E-state index is 12.6. The summed E-state index contributed by atoms with van der Waals surface area (Å²) in [5.41, 5.74) is 3.47. The summed E-state index contributed by atoms with van der Waals surface area (Å²) in [6, 6.07) is 8.86. The molecule has 0 saturated carbocycles. The van der Waals surface area contributed by atoms with Crippen molar-refractivity contribution in [3.63, 3.8) is 0 Å². The molecule has 2 amide bonds. The van der Waals surface area contributed by atoms with Crippen LogP contribution in [0, 0.1) is 0 Å². The highest BCUT2D eigenvalue weighted by Crippen LogP contribution is 2.39. The molecule has 206 valence electrons. The van der Waals surface area contributed by atoms with Crippen molar-refractivity contribution < 1.29 is 28.9 Å². The molecule has 0 radical (unpaired) electrons. The number of aromatic nitrogens is 2. The molecular weight excluding hydrogens is 502 g/mol. The molecule has 39 heavy (non-hydrogen) atoms. The Bertz CT molecular complexity index is 1230. The van der Waals surface area contributed by atoms with E-state index in [9.17, 15) is 14.7 Å². The Labute approximate surface area is 226 Å². The van der Waals surface area contributed by atoms with Gasteiger partial charge in [-0.25, -0.2) is 0 Å². The van der Waals surface area contributed by atoms with E-state index in [0.29, 0.717) is 74.3 Å². The Balaban J connectivity index is 1.04. The fourth-order valence-corrected chi connectivity index (χ4v) is 4.83. The molecule has 1 aromatic carbocycles. The number of hydrogen-bond acceptors (Lipinski definition) is 8. The zero-order valence-electron chi connectivity index (χ0n) is 21.6. The van der Waals surface area contributed by atoms with Crippen LogP contribution >= 0.6 is 0 Å². The summed E-state index contributed by atoms with van der Waals surface area (Å²) in [5, 5.41) is 23.4. The number of aliphatic hydroxyl groups is 1. The lowest BCUT2D eigenvalue weighted by atomic mass is 9.86. The van der Waals surface area contributed by atoms with E-state index in [2.05, 4.69) is 27.4 Å². The first kappa shape index (κ1) is 26.8. The van der Waals surface area contributed by atoms with Gasteiger partial charge in [0.15, 0.2) is 0 Å². The van der Waals surface area contributed by atoms with Crippen LogP contribution in [0.2, 0.25) is 0 Å². The van der Waals surface area contributed by atoms with Gasteiger partial charge in [0.25, 0.3) is 5.91 Å². The van der Waals surface area contributed by atoms with Crippen molar-refractivity contribution in [3.05, 3.63) is 83.4 Å². The van der Waals surface area contributed by atoms with Gasteiger partial charge in [-0.1, -0.05) is 12.7 Å². The third kappa shape index (κ3) is 6.28. The van der Waals surface area contributed by atoms with Crippen molar-refractivity contribution in [3.8, 4) is 5.75 Å². The molecule has 0 bridgehead atoms. The molecule has 3 atom stereocenters. The number of amides is 2. The number of benzene rings is 1. The first-order valence-electron chi connectivity index (χ1n) is 13.0. The minimum absolute atomic E-state index is 0.00400. The predicted octanol–water partition coefficient (Wildman–Crippen LogP) is 0.890. The second-order valence-corrected chi connectivity index (χ2v) is 9.56. The number of carbonyl (C=O) groups is 2. The summed E-state index contributed by atoms with van der Waals surface area (Å²) >= 11 is 0. The minimum atomic E-state index is -0.770. The van der Waals surface area contributed by atoms with Crippen LogP contribution < -0.4 is 15.4 Å². The predicted molar refractivity (Wildman–Crippen MR) is 142 cm³/mol. The molecule has 0 spiro atoms. The second-order valence-electron chi connectivity index (χ2n) is 9.56. The van der Waals surface area contributed by atoms with Crippen LogP contribution in [0.15, 0.2) is 72.1 Å². The summed E-state index contributed by atoms with van der Waals surface area (Å²) < 4.78 is 17.1. The third-order valence-corrected chi connectivity index (χ3v) is 6.84. The molecule has 11 nitrogen and oxygen atoms in total. The molecule has 1 aromatic heterocycles. The van der Waals surface area contributed by atoms with Crippen molar-refractivity contribution in [1.82, 2.24) is 25.7 Å². The van der Waals surface area contributed by atoms with Gasteiger partial charge in [0.05, 0.1) is 31.6 Å². The van der Waals surface area contributed by atoms with Crippen molar-refractivity contribution in [2.75, 3.05) is 52.6 Å². The lowest BCUT2D eigenvalue weighted by Gasteiger charge is -2.27. The average Bonchev–Trinajstić information content (AvgIpc) is 3.60. The Morgan fingerprint density at radius 2 is 2.03 bits per heavy atom. The summed E-state index contributed by atoms with van der Waals surface area (Å²) in [6.07, 6.45) is 3.93. The molecule has 11 heteroatoms.